The van der Waals surface area contributed by atoms with E-state index < -0.39 is 12.0 Å². The van der Waals surface area contributed by atoms with Crippen molar-refractivity contribution >= 4 is 23.6 Å². The molecule has 0 saturated carbocycles. The van der Waals surface area contributed by atoms with E-state index in [9.17, 15) is 9.59 Å². The maximum absolute atomic E-state index is 12.0. The van der Waals surface area contributed by atoms with Gasteiger partial charge in [0.1, 0.15) is 6.04 Å². The molecule has 0 aromatic carbocycles. The minimum absolute atomic E-state index is 0.0655. The molecular weight excluding hydrogens is 242 g/mol. The number of piperazine rings is 1. The van der Waals surface area contributed by atoms with Crippen LogP contribution in [-0.2, 0) is 9.59 Å². The number of hydrogen-bond donors (Lipinski definition) is 2. The van der Waals surface area contributed by atoms with E-state index in [0.29, 0.717) is 18.2 Å². The number of aliphatic carboxylic acids is 1. The summed E-state index contributed by atoms with van der Waals surface area (Å²) in [6.45, 7) is 3.83. The molecule has 1 atom stereocenters. The predicted octanol–water partition coefficient (Wildman–Crippen LogP) is -1.12. The van der Waals surface area contributed by atoms with Gasteiger partial charge in [0.2, 0.25) is 5.91 Å². The van der Waals surface area contributed by atoms with E-state index in [1.54, 1.807) is 0 Å². The molecule has 0 bridgehead atoms. The molecule has 2 fully saturated rings. The van der Waals surface area contributed by atoms with Crippen LogP contribution in [0.4, 0.5) is 0 Å². The van der Waals surface area contributed by atoms with Crippen molar-refractivity contribution in [2.75, 3.05) is 44.4 Å². The third-order valence-electron chi connectivity index (χ3n) is 3.06. The number of rotatable bonds is 3. The lowest BCUT2D eigenvalue weighted by Gasteiger charge is -2.29. The number of carboxylic acid groups (broad SMARTS) is 1. The number of nitrogens with one attached hydrogen (secondary N) is 1. The number of carbonyl (C=O) groups is 2. The van der Waals surface area contributed by atoms with Gasteiger partial charge in [-0.05, 0) is 0 Å². The van der Waals surface area contributed by atoms with Gasteiger partial charge >= 0.3 is 5.97 Å². The number of carboxylic acids is 1. The summed E-state index contributed by atoms with van der Waals surface area (Å²) in [6, 6.07) is -0.643. The Morgan fingerprint density at radius 2 is 2.06 bits per heavy atom. The van der Waals surface area contributed by atoms with E-state index in [1.165, 1.54) is 16.7 Å². The molecule has 2 saturated heterocycles. The highest BCUT2D eigenvalue weighted by molar-refractivity contribution is 7.99. The van der Waals surface area contributed by atoms with Crippen molar-refractivity contribution in [3.05, 3.63) is 0 Å². The van der Waals surface area contributed by atoms with Gasteiger partial charge in [0, 0.05) is 31.9 Å². The van der Waals surface area contributed by atoms with Gasteiger partial charge in [-0.25, -0.2) is 4.79 Å². The van der Waals surface area contributed by atoms with Crippen LogP contribution in [-0.4, -0.2) is 77.2 Å². The first-order chi connectivity index (χ1) is 8.18. The SMILES string of the molecule is O=C(O)C1CSCN1C(=O)CN1CCNCC1. The summed E-state index contributed by atoms with van der Waals surface area (Å²) in [4.78, 5) is 26.5. The van der Waals surface area contributed by atoms with Gasteiger partial charge in [0.05, 0.1) is 12.4 Å². The van der Waals surface area contributed by atoms with E-state index in [0.717, 1.165) is 26.2 Å². The molecule has 6 nitrogen and oxygen atoms in total. The maximum atomic E-state index is 12.0. The second-order valence-electron chi connectivity index (χ2n) is 4.24. The van der Waals surface area contributed by atoms with Crippen molar-refractivity contribution in [3.63, 3.8) is 0 Å². The minimum Gasteiger partial charge on any atom is -0.480 e. The fraction of sp³-hybridized carbons (Fsp3) is 0.800. The van der Waals surface area contributed by atoms with Crippen molar-refractivity contribution in [2.24, 2.45) is 0 Å². The molecule has 2 N–H and O–H groups in total. The van der Waals surface area contributed by atoms with E-state index >= 15 is 0 Å². The van der Waals surface area contributed by atoms with Crippen molar-refractivity contribution in [1.82, 2.24) is 15.1 Å². The average molecular weight is 259 g/mol. The Balaban J connectivity index is 1.88. The lowest BCUT2D eigenvalue weighted by molar-refractivity contribution is -0.148. The molecule has 2 aliphatic rings. The number of hydrogen-bond acceptors (Lipinski definition) is 5. The van der Waals surface area contributed by atoms with Gasteiger partial charge in [0.15, 0.2) is 0 Å². The van der Waals surface area contributed by atoms with Gasteiger partial charge in [-0.1, -0.05) is 0 Å². The van der Waals surface area contributed by atoms with Crippen LogP contribution in [0.15, 0.2) is 0 Å². The number of nitrogens with zero attached hydrogens (tertiary/aromatic N) is 2. The van der Waals surface area contributed by atoms with Crippen LogP contribution < -0.4 is 5.32 Å². The summed E-state index contributed by atoms with van der Waals surface area (Å²) >= 11 is 1.50. The lowest BCUT2D eigenvalue weighted by Crippen LogP contribution is -2.50. The summed E-state index contributed by atoms with van der Waals surface area (Å²) in [5.74, 6) is 0.0396. The van der Waals surface area contributed by atoms with Crippen molar-refractivity contribution in [1.29, 1.82) is 0 Å². The van der Waals surface area contributed by atoms with Crippen LogP contribution >= 0.6 is 11.8 Å². The molecule has 2 rings (SSSR count). The molecule has 2 heterocycles. The highest BCUT2D eigenvalue weighted by Crippen LogP contribution is 2.21. The van der Waals surface area contributed by atoms with Crippen LogP contribution in [0, 0.1) is 0 Å². The van der Waals surface area contributed by atoms with E-state index in [4.69, 9.17) is 5.11 Å². The van der Waals surface area contributed by atoms with Crippen LogP contribution in [0.5, 0.6) is 0 Å². The molecule has 0 aromatic rings. The highest BCUT2D eigenvalue weighted by atomic mass is 32.2. The largest absolute Gasteiger partial charge is 0.480 e. The third-order valence-corrected chi connectivity index (χ3v) is 4.07. The first kappa shape index (κ1) is 12.7. The summed E-state index contributed by atoms with van der Waals surface area (Å²) in [5.41, 5.74) is 0. The second kappa shape index (κ2) is 5.70. The molecular formula is C10H17N3O3S. The Morgan fingerprint density at radius 1 is 1.35 bits per heavy atom. The molecule has 7 heteroatoms. The van der Waals surface area contributed by atoms with Crippen LogP contribution in [0.3, 0.4) is 0 Å². The van der Waals surface area contributed by atoms with Crippen molar-refractivity contribution < 1.29 is 14.7 Å². The van der Waals surface area contributed by atoms with E-state index in [2.05, 4.69) is 10.2 Å². The molecule has 0 radical (unpaired) electrons. The Morgan fingerprint density at radius 3 is 2.71 bits per heavy atom. The quantitative estimate of drug-likeness (QED) is 0.669. The zero-order chi connectivity index (χ0) is 12.3. The molecule has 0 aliphatic carbocycles. The van der Waals surface area contributed by atoms with Crippen LogP contribution in [0.25, 0.3) is 0 Å². The number of thioether (sulfide) groups is 1. The van der Waals surface area contributed by atoms with Crippen molar-refractivity contribution in [2.45, 2.75) is 6.04 Å². The standard InChI is InChI=1S/C10H17N3O3S/c14-9(5-12-3-1-11-2-4-12)13-7-17-6-8(13)10(15)16/h8,11H,1-7H2,(H,15,16). The molecule has 1 unspecified atom stereocenters. The van der Waals surface area contributed by atoms with Gasteiger partial charge in [-0.15, -0.1) is 11.8 Å². The average Bonchev–Trinajstić information content (AvgIpc) is 2.79. The fourth-order valence-electron chi connectivity index (χ4n) is 2.04. The maximum Gasteiger partial charge on any atom is 0.327 e. The first-order valence-corrected chi connectivity index (χ1v) is 6.87. The summed E-state index contributed by atoms with van der Waals surface area (Å²) in [7, 11) is 0. The molecule has 1 amide bonds. The summed E-state index contributed by atoms with van der Waals surface area (Å²) in [5, 5.41) is 12.2. The second-order valence-corrected chi connectivity index (χ2v) is 5.24. The Labute approximate surface area is 104 Å². The summed E-state index contributed by atoms with van der Waals surface area (Å²) in [6.07, 6.45) is 0. The monoisotopic (exact) mass is 259 g/mol. The van der Waals surface area contributed by atoms with Gasteiger partial charge < -0.3 is 15.3 Å². The minimum atomic E-state index is -0.899. The van der Waals surface area contributed by atoms with Crippen LogP contribution in [0.1, 0.15) is 0 Å². The number of amides is 1. The van der Waals surface area contributed by atoms with Gasteiger partial charge in [0.25, 0.3) is 0 Å². The predicted molar refractivity (Wildman–Crippen MR) is 64.9 cm³/mol. The molecule has 96 valence electrons. The summed E-state index contributed by atoms with van der Waals surface area (Å²) < 4.78 is 0. The molecule has 17 heavy (non-hydrogen) atoms. The zero-order valence-corrected chi connectivity index (χ0v) is 10.4. The molecule has 0 aromatic heterocycles. The zero-order valence-electron chi connectivity index (χ0n) is 9.59. The Bertz CT molecular complexity index is 307. The first-order valence-electron chi connectivity index (χ1n) is 5.71. The van der Waals surface area contributed by atoms with Crippen molar-refractivity contribution in [3.8, 4) is 0 Å². The van der Waals surface area contributed by atoms with Gasteiger partial charge in [-0.2, -0.15) is 0 Å². The topological polar surface area (TPSA) is 72.9 Å². The van der Waals surface area contributed by atoms with Gasteiger partial charge in [-0.3, -0.25) is 9.69 Å². The van der Waals surface area contributed by atoms with E-state index in [1.807, 2.05) is 0 Å². The van der Waals surface area contributed by atoms with Crippen LogP contribution in [0.2, 0.25) is 0 Å². The highest BCUT2D eigenvalue weighted by Gasteiger charge is 2.34. The lowest BCUT2D eigenvalue weighted by atomic mass is 10.3. The van der Waals surface area contributed by atoms with E-state index in [-0.39, 0.29) is 5.91 Å². The Kier molecular flexibility index (Phi) is 4.25. The fourth-order valence-corrected chi connectivity index (χ4v) is 3.22. The Hall–Kier alpha value is -0.790. The molecule has 2 aliphatic heterocycles. The molecule has 0 spiro atoms. The third kappa shape index (κ3) is 3.11. The smallest absolute Gasteiger partial charge is 0.327 e. The number of carbonyl (C=O) groups excluding carboxylic acids is 1. The normalized spacial score (nSPS) is 26.1.